The molecule has 90 valence electrons. The molecule has 1 aliphatic carbocycles. The van der Waals surface area contributed by atoms with E-state index < -0.39 is 0 Å². The first-order chi connectivity index (χ1) is 8.40. The van der Waals surface area contributed by atoms with Gasteiger partial charge < -0.3 is 10.6 Å². The summed E-state index contributed by atoms with van der Waals surface area (Å²) in [5.74, 6) is 0.903. The number of fused-ring (bicyclic) bond motifs is 1. The van der Waals surface area contributed by atoms with Crippen molar-refractivity contribution in [2.24, 2.45) is 5.73 Å². The molecule has 2 aromatic heterocycles. The van der Waals surface area contributed by atoms with Gasteiger partial charge in [-0.1, -0.05) is 0 Å². The number of rotatable bonds is 4. The second-order valence-corrected chi connectivity index (χ2v) is 4.38. The molecule has 2 heterocycles. The quantitative estimate of drug-likeness (QED) is 0.828. The minimum absolute atomic E-state index is 0.564. The van der Waals surface area contributed by atoms with E-state index in [0.29, 0.717) is 12.6 Å². The van der Waals surface area contributed by atoms with E-state index in [0.717, 1.165) is 18.0 Å². The van der Waals surface area contributed by atoms with E-state index in [1.54, 1.807) is 12.5 Å². The number of aromatic nitrogens is 4. The third-order valence-electron chi connectivity index (χ3n) is 3.35. The lowest BCUT2D eigenvalue weighted by Gasteiger charge is -2.38. The van der Waals surface area contributed by atoms with Gasteiger partial charge in [-0.15, -0.1) is 10.2 Å². The Morgan fingerprint density at radius 3 is 3.06 bits per heavy atom. The molecule has 6 heteroatoms. The van der Waals surface area contributed by atoms with Crippen molar-refractivity contribution in [2.75, 3.05) is 18.0 Å². The summed E-state index contributed by atoms with van der Waals surface area (Å²) in [4.78, 5) is 6.72. The van der Waals surface area contributed by atoms with Crippen LogP contribution in [-0.2, 0) is 0 Å². The fraction of sp³-hybridized carbons (Fsp3) is 0.545. The molecule has 0 saturated heterocycles. The zero-order chi connectivity index (χ0) is 11.7. The fourth-order valence-electron chi connectivity index (χ4n) is 2.25. The number of nitrogens with two attached hydrogens (primary N) is 1. The monoisotopic (exact) mass is 232 g/mol. The maximum atomic E-state index is 5.69. The van der Waals surface area contributed by atoms with Crippen molar-refractivity contribution in [3.63, 3.8) is 0 Å². The van der Waals surface area contributed by atoms with Crippen LogP contribution < -0.4 is 10.6 Å². The summed E-state index contributed by atoms with van der Waals surface area (Å²) >= 11 is 0. The van der Waals surface area contributed by atoms with Gasteiger partial charge in [0.1, 0.15) is 6.33 Å². The Bertz CT molecular complexity index is 503. The summed E-state index contributed by atoms with van der Waals surface area (Å²) < 4.78 is 1.89. The van der Waals surface area contributed by atoms with Crippen molar-refractivity contribution in [3.05, 3.63) is 18.7 Å². The highest BCUT2D eigenvalue weighted by atomic mass is 15.3. The summed E-state index contributed by atoms with van der Waals surface area (Å²) in [7, 11) is 0. The summed E-state index contributed by atoms with van der Waals surface area (Å²) in [6.45, 7) is 1.46. The molecule has 6 nitrogen and oxygen atoms in total. The Balaban J connectivity index is 2.01. The van der Waals surface area contributed by atoms with Crippen LogP contribution in [0.4, 0.5) is 5.82 Å². The van der Waals surface area contributed by atoms with E-state index in [9.17, 15) is 0 Å². The van der Waals surface area contributed by atoms with Gasteiger partial charge >= 0.3 is 0 Å². The van der Waals surface area contributed by atoms with Crippen molar-refractivity contribution in [2.45, 2.75) is 25.3 Å². The van der Waals surface area contributed by atoms with Gasteiger partial charge in [-0.05, 0) is 19.3 Å². The van der Waals surface area contributed by atoms with Gasteiger partial charge in [-0.2, -0.15) is 0 Å². The van der Waals surface area contributed by atoms with E-state index in [2.05, 4.69) is 20.1 Å². The molecule has 0 radical (unpaired) electrons. The lowest BCUT2D eigenvalue weighted by Crippen LogP contribution is -2.43. The smallest absolute Gasteiger partial charge is 0.203 e. The SMILES string of the molecule is NCCN(c1nccn2cnnc12)C1CCC1. The van der Waals surface area contributed by atoms with E-state index in [4.69, 9.17) is 5.73 Å². The summed E-state index contributed by atoms with van der Waals surface area (Å²) in [6, 6.07) is 0.564. The molecule has 0 unspecified atom stereocenters. The standard InChI is InChI=1S/C11H16N6/c12-4-6-17(9-2-1-3-9)10-11-15-14-8-16(11)7-5-13-10/h5,7-9H,1-4,6,12H2. The molecule has 0 atom stereocenters. The molecule has 2 N–H and O–H groups in total. The summed E-state index contributed by atoms with van der Waals surface area (Å²) in [5, 5.41) is 8.05. The molecule has 0 aliphatic heterocycles. The highest BCUT2D eigenvalue weighted by Crippen LogP contribution is 2.29. The minimum Gasteiger partial charge on any atom is -0.349 e. The Morgan fingerprint density at radius 1 is 1.47 bits per heavy atom. The van der Waals surface area contributed by atoms with E-state index in [-0.39, 0.29) is 0 Å². The van der Waals surface area contributed by atoms with Crippen LogP contribution in [0.25, 0.3) is 5.65 Å². The largest absolute Gasteiger partial charge is 0.349 e. The van der Waals surface area contributed by atoms with Gasteiger partial charge in [0.2, 0.25) is 5.65 Å². The van der Waals surface area contributed by atoms with Crippen LogP contribution in [0.3, 0.4) is 0 Å². The molecule has 1 saturated carbocycles. The van der Waals surface area contributed by atoms with Crippen LogP contribution in [0.15, 0.2) is 18.7 Å². The lowest BCUT2D eigenvalue weighted by molar-refractivity contribution is 0.386. The highest BCUT2D eigenvalue weighted by Gasteiger charge is 2.27. The molecule has 0 spiro atoms. The Kier molecular flexibility index (Phi) is 2.64. The average molecular weight is 232 g/mol. The Labute approximate surface area is 99.5 Å². The number of nitrogens with zero attached hydrogens (tertiary/aromatic N) is 5. The predicted octanol–water partition coefficient (Wildman–Crippen LogP) is 0.442. The van der Waals surface area contributed by atoms with E-state index in [1.807, 2.05) is 10.6 Å². The van der Waals surface area contributed by atoms with Crippen LogP contribution in [0.1, 0.15) is 19.3 Å². The second kappa shape index (κ2) is 4.29. The first-order valence-corrected chi connectivity index (χ1v) is 6.01. The normalized spacial score (nSPS) is 16.1. The maximum absolute atomic E-state index is 5.69. The molecule has 0 amide bonds. The summed E-state index contributed by atoms with van der Waals surface area (Å²) in [6.07, 6.45) is 9.07. The van der Waals surface area contributed by atoms with Crippen LogP contribution in [0.5, 0.6) is 0 Å². The van der Waals surface area contributed by atoms with Gasteiger partial charge in [-0.25, -0.2) is 4.98 Å². The van der Waals surface area contributed by atoms with Crippen molar-refractivity contribution in [1.82, 2.24) is 19.6 Å². The zero-order valence-corrected chi connectivity index (χ0v) is 9.66. The van der Waals surface area contributed by atoms with Gasteiger partial charge in [0, 0.05) is 31.5 Å². The van der Waals surface area contributed by atoms with Crippen LogP contribution in [-0.4, -0.2) is 38.7 Å². The molecule has 1 fully saturated rings. The number of hydrogen-bond donors (Lipinski definition) is 1. The molecular weight excluding hydrogens is 216 g/mol. The van der Waals surface area contributed by atoms with Crippen molar-refractivity contribution in [1.29, 1.82) is 0 Å². The highest BCUT2D eigenvalue weighted by molar-refractivity contribution is 5.63. The molecule has 1 aliphatic rings. The van der Waals surface area contributed by atoms with Crippen molar-refractivity contribution in [3.8, 4) is 0 Å². The third kappa shape index (κ3) is 1.74. The zero-order valence-electron chi connectivity index (χ0n) is 9.66. The van der Waals surface area contributed by atoms with Crippen molar-refractivity contribution >= 4 is 11.5 Å². The Morgan fingerprint density at radius 2 is 2.35 bits per heavy atom. The lowest BCUT2D eigenvalue weighted by atomic mass is 9.91. The molecular formula is C11H16N6. The van der Waals surface area contributed by atoms with Crippen LogP contribution >= 0.6 is 0 Å². The summed E-state index contributed by atoms with van der Waals surface area (Å²) in [5.41, 5.74) is 6.50. The first kappa shape index (κ1) is 10.5. The van der Waals surface area contributed by atoms with E-state index >= 15 is 0 Å². The van der Waals surface area contributed by atoms with Crippen LogP contribution in [0, 0.1) is 0 Å². The average Bonchev–Trinajstić information content (AvgIpc) is 2.73. The third-order valence-corrected chi connectivity index (χ3v) is 3.35. The van der Waals surface area contributed by atoms with Crippen LogP contribution in [0.2, 0.25) is 0 Å². The topological polar surface area (TPSA) is 72.3 Å². The number of hydrogen-bond acceptors (Lipinski definition) is 5. The van der Waals surface area contributed by atoms with Gasteiger partial charge in [0.05, 0.1) is 0 Å². The molecule has 0 bridgehead atoms. The molecule has 0 aromatic carbocycles. The van der Waals surface area contributed by atoms with E-state index in [1.165, 1.54) is 19.3 Å². The fourth-order valence-corrected chi connectivity index (χ4v) is 2.25. The Hall–Kier alpha value is -1.69. The number of anilines is 1. The predicted molar refractivity (Wildman–Crippen MR) is 64.8 cm³/mol. The van der Waals surface area contributed by atoms with Gasteiger partial charge in [0.25, 0.3) is 0 Å². The van der Waals surface area contributed by atoms with Gasteiger partial charge in [0.15, 0.2) is 5.82 Å². The maximum Gasteiger partial charge on any atom is 0.203 e. The van der Waals surface area contributed by atoms with Gasteiger partial charge in [-0.3, -0.25) is 4.40 Å². The molecule has 2 aromatic rings. The minimum atomic E-state index is 0.564. The molecule has 17 heavy (non-hydrogen) atoms. The van der Waals surface area contributed by atoms with Crippen molar-refractivity contribution < 1.29 is 0 Å². The second-order valence-electron chi connectivity index (χ2n) is 4.38. The molecule has 3 rings (SSSR count). The first-order valence-electron chi connectivity index (χ1n) is 6.01.